The van der Waals surface area contributed by atoms with Crippen LogP contribution in [-0.2, 0) is 6.42 Å². The first kappa shape index (κ1) is 12.7. The van der Waals surface area contributed by atoms with Gasteiger partial charge in [-0.25, -0.2) is 4.79 Å². The van der Waals surface area contributed by atoms with Gasteiger partial charge in [0.05, 0.1) is 5.56 Å². The minimum absolute atomic E-state index is 0.330. The quantitative estimate of drug-likeness (QED) is 0.893. The summed E-state index contributed by atoms with van der Waals surface area (Å²) in [5.74, 6) is -0.851. The Labute approximate surface area is 107 Å². The number of rotatable bonds is 3. The molecule has 1 aromatic carbocycles. The van der Waals surface area contributed by atoms with E-state index in [9.17, 15) is 9.90 Å². The van der Waals surface area contributed by atoms with Crippen LogP contribution in [-0.4, -0.2) is 15.6 Å². The average Bonchev–Trinajstić information content (AvgIpc) is 2.59. The van der Waals surface area contributed by atoms with Crippen LogP contribution in [0.1, 0.15) is 48.4 Å². The highest BCUT2D eigenvalue weighted by Gasteiger charge is 2.19. The highest BCUT2D eigenvalue weighted by molar-refractivity contribution is 6.05. The number of hydrogen-bond donors (Lipinski definition) is 1. The minimum Gasteiger partial charge on any atom is -0.478 e. The van der Waals surface area contributed by atoms with E-state index in [0.29, 0.717) is 11.6 Å². The SMILES string of the molecule is CCc1c(C)n(C(C)C)c2cccc(C(=O)O)c12. The molecule has 0 amide bonds. The van der Waals surface area contributed by atoms with E-state index in [0.717, 1.165) is 22.9 Å². The van der Waals surface area contributed by atoms with Gasteiger partial charge in [-0.05, 0) is 44.9 Å². The largest absolute Gasteiger partial charge is 0.478 e. The van der Waals surface area contributed by atoms with Crippen molar-refractivity contribution in [1.29, 1.82) is 0 Å². The topological polar surface area (TPSA) is 42.2 Å². The Kier molecular flexibility index (Phi) is 3.16. The maximum absolute atomic E-state index is 11.4. The highest BCUT2D eigenvalue weighted by atomic mass is 16.4. The summed E-state index contributed by atoms with van der Waals surface area (Å²) in [5, 5.41) is 10.2. The van der Waals surface area contributed by atoms with Crippen LogP contribution in [0.15, 0.2) is 18.2 Å². The van der Waals surface area contributed by atoms with E-state index in [1.165, 1.54) is 5.69 Å². The number of nitrogens with zero attached hydrogens (tertiary/aromatic N) is 1. The standard InChI is InChI=1S/C15H19NO2/c1-5-11-10(4)16(9(2)3)13-8-6-7-12(14(11)13)15(17)18/h6-9H,5H2,1-4H3,(H,17,18). The molecule has 0 spiro atoms. The third kappa shape index (κ3) is 1.70. The van der Waals surface area contributed by atoms with Crippen molar-refractivity contribution in [3.8, 4) is 0 Å². The molecule has 0 aliphatic rings. The summed E-state index contributed by atoms with van der Waals surface area (Å²) in [5.41, 5.74) is 3.76. The molecule has 0 bridgehead atoms. The van der Waals surface area contributed by atoms with E-state index in [4.69, 9.17) is 0 Å². The lowest BCUT2D eigenvalue weighted by Gasteiger charge is -2.12. The molecule has 1 N–H and O–H groups in total. The predicted octanol–water partition coefficient (Wildman–Crippen LogP) is 3.79. The van der Waals surface area contributed by atoms with Crippen LogP contribution >= 0.6 is 0 Å². The Morgan fingerprint density at radius 2 is 2.06 bits per heavy atom. The summed E-state index contributed by atoms with van der Waals surface area (Å²) in [6.45, 7) is 8.40. The molecular formula is C15H19NO2. The molecule has 0 radical (unpaired) electrons. The molecule has 0 saturated heterocycles. The van der Waals surface area contributed by atoms with E-state index in [1.54, 1.807) is 6.07 Å². The summed E-state index contributed by atoms with van der Waals surface area (Å²) >= 11 is 0. The van der Waals surface area contributed by atoms with E-state index < -0.39 is 5.97 Å². The average molecular weight is 245 g/mol. The van der Waals surface area contributed by atoms with E-state index in [1.807, 2.05) is 12.1 Å². The van der Waals surface area contributed by atoms with Gasteiger partial charge in [-0.15, -0.1) is 0 Å². The molecule has 3 nitrogen and oxygen atoms in total. The molecule has 0 aliphatic heterocycles. The summed E-state index contributed by atoms with van der Waals surface area (Å²) < 4.78 is 2.22. The number of carboxylic acids is 1. The Morgan fingerprint density at radius 1 is 1.39 bits per heavy atom. The van der Waals surface area contributed by atoms with Crippen LogP contribution in [0, 0.1) is 6.92 Å². The van der Waals surface area contributed by atoms with Gasteiger partial charge in [0.15, 0.2) is 0 Å². The second-order valence-electron chi connectivity index (χ2n) is 4.89. The van der Waals surface area contributed by atoms with Crippen molar-refractivity contribution in [3.05, 3.63) is 35.0 Å². The maximum Gasteiger partial charge on any atom is 0.336 e. The monoisotopic (exact) mass is 245 g/mol. The van der Waals surface area contributed by atoms with Gasteiger partial charge < -0.3 is 9.67 Å². The molecule has 18 heavy (non-hydrogen) atoms. The Balaban J connectivity index is 2.95. The van der Waals surface area contributed by atoms with Gasteiger partial charge in [-0.3, -0.25) is 0 Å². The summed E-state index contributed by atoms with van der Waals surface area (Å²) in [6.07, 6.45) is 0.854. The zero-order valence-electron chi connectivity index (χ0n) is 11.3. The van der Waals surface area contributed by atoms with Gasteiger partial charge in [0.2, 0.25) is 0 Å². The Bertz CT molecular complexity index is 608. The first-order valence-corrected chi connectivity index (χ1v) is 6.34. The fourth-order valence-electron chi connectivity index (χ4n) is 2.84. The molecule has 1 heterocycles. The molecule has 2 aromatic rings. The molecule has 0 fully saturated rings. The van der Waals surface area contributed by atoms with E-state index in [-0.39, 0.29) is 0 Å². The van der Waals surface area contributed by atoms with Crippen molar-refractivity contribution in [2.45, 2.75) is 40.2 Å². The van der Waals surface area contributed by atoms with E-state index in [2.05, 4.69) is 32.3 Å². The van der Waals surface area contributed by atoms with Crippen molar-refractivity contribution in [2.75, 3.05) is 0 Å². The smallest absolute Gasteiger partial charge is 0.336 e. The zero-order valence-corrected chi connectivity index (χ0v) is 11.3. The number of benzene rings is 1. The molecule has 0 atom stereocenters. The first-order valence-electron chi connectivity index (χ1n) is 6.34. The molecule has 0 aliphatic carbocycles. The maximum atomic E-state index is 11.4. The van der Waals surface area contributed by atoms with Crippen molar-refractivity contribution >= 4 is 16.9 Å². The van der Waals surface area contributed by atoms with Gasteiger partial charge >= 0.3 is 5.97 Å². The van der Waals surface area contributed by atoms with Crippen LogP contribution in [0.2, 0.25) is 0 Å². The molecule has 2 rings (SSSR count). The zero-order chi connectivity index (χ0) is 13.4. The number of carbonyl (C=O) groups is 1. The van der Waals surface area contributed by atoms with Crippen molar-refractivity contribution < 1.29 is 9.90 Å². The first-order chi connectivity index (χ1) is 8.49. The van der Waals surface area contributed by atoms with Crippen LogP contribution in [0.5, 0.6) is 0 Å². The third-order valence-electron chi connectivity index (χ3n) is 3.50. The van der Waals surface area contributed by atoms with Crippen molar-refractivity contribution in [1.82, 2.24) is 4.57 Å². The fourth-order valence-corrected chi connectivity index (χ4v) is 2.84. The second kappa shape index (κ2) is 4.48. The lowest BCUT2D eigenvalue weighted by atomic mass is 10.0. The normalized spacial score (nSPS) is 11.4. The van der Waals surface area contributed by atoms with Crippen LogP contribution in [0.3, 0.4) is 0 Å². The van der Waals surface area contributed by atoms with Gasteiger partial charge in [-0.2, -0.15) is 0 Å². The number of aromatic carboxylic acids is 1. The summed E-state index contributed by atoms with van der Waals surface area (Å²) in [7, 11) is 0. The number of carboxylic acid groups (broad SMARTS) is 1. The summed E-state index contributed by atoms with van der Waals surface area (Å²) in [4.78, 5) is 11.4. The second-order valence-corrected chi connectivity index (χ2v) is 4.89. The van der Waals surface area contributed by atoms with Gasteiger partial charge in [0.1, 0.15) is 0 Å². The molecule has 96 valence electrons. The van der Waals surface area contributed by atoms with E-state index >= 15 is 0 Å². The van der Waals surface area contributed by atoms with Crippen molar-refractivity contribution in [3.63, 3.8) is 0 Å². The van der Waals surface area contributed by atoms with Crippen LogP contribution in [0.4, 0.5) is 0 Å². The predicted molar refractivity (Wildman–Crippen MR) is 73.4 cm³/mol. The van der Waals surface area contributed by atoms with Gasteiger partial charge in [0, 0.05) is 22.6 Å². The Hall–Kier alpha value is -1.77. The number of fused-ring (bicyclic) bond motifs is 1. The van der Waals surface area contributed by atoms with Crippen LogP contribution < -0.4 is 0 Å². The minimum atomic E-state index is -0.851. The van der Waals surface area contributed by atoms with Gasteiger partial charge in [-0.1, -0.05) is 13.0 Å². The number of hydrogen-bond acceptors (Lipinski definition) is 1. The lowest BCUT2D eigenvalue weighted by molar-refractivity contribution is 0.0699. The molecule has 1 aromatic heterocycles. The van der Waals surface area contributed by atoms with Crippen LogP contribution in [0.25, 0.3) is 10.9 Å². The molecule has 0 unspecified atom stereocenters. The third-order valence-corrected chi connectivity index (χ3v) is 3.50. The molecular weight excluding hydrogens is 226 g/mol. The summed E-state index contributed by atoms with van der Waals surface area (Å²) in [6, 6.07) is 5.85. The molecule has 0 saturated carbocycles. The fraction of sp³-hybridized carbons (Fsp3) is 0.400. The van der Waals surface area contributed by atoms with Gasteiger partial charge in [0.25, 0.3) is 0 Å². The lowest BCUT2D eigenvalue weighted by Crippen LogP contribution is -2.03. The number of aryl methyl sites for hydroxylation is 1. The Morgan fingerprint density at radius 3 is 2.56 bits per heavy atom. The number of aromatic nitrogens is 1. The molecule has 3 heteroatoms. The van der Waals surface area contributed by atoms with Crippen molar-refractivity contribution in [2.24, 2.45) is 0 Å². The highest BCUT2D eigenvalue weighted by Crippen LogP contribution is 2.31.